The molecule has 0 saturated heterocycles. The van der Waals surface area contributed by atoms with Gasteiger partial charge >= 0.3 is 0 Å². The van der Waals surface area contributed by atoms with Gasteiger partial charge in [-0.1, -0.05) is 12.0 Å². The van der Waals surface area contributed by atoms with E-state index in [1.54, 1.807) is 6.20 Å². The van der Waals surface area contributed by atoms with Gasteiger partial charge in [0, 0.05) is 18.0 Å². The van der Waals surface area contributed by atoms with E-state index in [4.69, 9.17) is 6.42 Å². The smallest absolute Gasteiger partial charge is 0.125 e. The van der Waals surface area contributed by atoms with Gasteiger partial charge in [0.15, 0.2) is 0 Å². The van der Waals surface area contributed by atoms with Crippen molar-refractivity contribution < 1.29 is 5.11 Å². The summed E-state index contributed by atoms with van der Waals surface area (Å²) in [6.07, 6.45) is 6.63. The maximum atomic E-state index is 9.36. The highest BCUT2D eigenvalue weighted by molar-refractivity contribution is 5.78. The molecule has 0 aliphatic carbocycles. The molecule has 0 radical (unpaired) electrons. The molecular formula is C13H12N2O. The van der Waals surface area contributed by atoms with Gasteiger partial charge in [0.05, 0.1) is 5.52 Å². The van der Waals surface area contributed by atoms with Crippen LogP contribution in [0.5, 0.6) is 0 Å². The summed E-state index contributed by atoms with van der Waals surface area (Å²) in [4.78, 5) is 8.44. The SMILES string of the molecule is C#CC(O)Cc1ccc2nc(C)ncc2c1. The van der Waals surface area contributed by atoms with E-state index in [2.05, 4.69) is 15.9 Å². The fraction of sp³-hybridized carbons (Fsp3) is 0.231. The maximum Gasteiger partial charge on any atom is 0.125 e. The number of aromatic nitrogens is 2. The lowest BCUT2D eigenvalue weighted by Gasteiger charge is -2.05. The molecule has 1 aromatic carbocycles. The minimum Gasteiger partial charge on any atom is -0.380 e. The molecule has 0 amide bonds. The lowest BCUT2D eigenvalue weighted by Crippen LogP contribution is -2.06. The highest BCUT2D eigenvalue weighted by Crippen LogP contribution is 2.14. The number of terminal acetylenes is 1. The number of aliphatic hydroxyl groups excluding tert-OH is 1. The zero-order valence-corrected chi connectivity index (χ0v) is 9.01. The molecule has 0 fully saturated rings. The molecule has 16 heavy (non-hydrogen) atoms. The summed E-state index contributed by atoms with van der Waals surface area (Å²) in [5, 5.41) is 10.3. The molecule has 1 heterocycles. The zero-order chi connectivity index (χ0) is 11.5. The first-order valence-corrected chi connectivity index (χ1v) is 5.05. The molecule has 2 rings (SSSR count). The van der Waals surface area contributed by atoms with Gasteiger partial charge in [-0.3, -0.25) is 0 Å². The molecule has 0 aliphatic rings. The van der Waals surface area contributed by atoms with Crippen LogP contribution in [0.2, 0.25) is 0 Å². The average Bonchev–Trinajstić information content (AvgIpc) is 2.29. The molecule has 1 aromatic heterocycles. The number of hydrogen-bond acceptors (Lipinski definition) is 3. The van der Waals surface area contributed by atoms with Crippen molar-refractivity contribution in [3.8, 4) is 12.3 Å². The normalized spacial score (nSPS) is 12.3. The second-order valence-electron chi connectivity index (χ2n) is 3.70. The van der Waals surface area contributed by atoms with E-state index >= 15 is 0 Å². The Morgan fingerprint density at radius 1 is 1.50 bits per heavy atom. The summed E-state index contributed by atoms with van der Waals surface area (Å²) >= 11 is 0. The number of aryl methyl sites for hydroxylation is 1. The molecule has 0 spiro atoms. The van der Waals surface area contributed by atoms with Gasteiger partial charge in [0.2, 0.25) is 0 Å². The van der Waals surface area contributed by atoms with Crippen molar-refractivity contribution in [2.24, 2.45) is 0 Å². The third kappa shape index (κ3) is 2.18. The van der Waals surface area contributed by atoms with Crippen LogP contribution >= 0.6 is 0 Å². The fourth-order valence-electron chi connectivity index (χ4n) is 1.58. The van der Waals surface area contributed by atoms with Crippen LogP contribution in [0.25, 0.3) is 10.9 Å². The second-order valence-corrected chi connectivity index (χ2v) is 3.70. The molecular weight excluding hydrogens is 200 g/mol. The van der Waals surface area contributed by atoms with Crippen LogP contribution in [0.3, 0.4) is 0 Å². The highest BCUT2D eigenvalue weighted by Gasteiger charge is 2.03. The molecule has 1 unspecified atom stereocenters. The van der Waals surface area contributed by atoms with Crippen molar-refractivity contribution in [3.63, 3.8) is 0 Å². The van der Waals surface area contributed by atoms with Crippen molar-refractivity contribution >= 4 is 10.9 Å². The van der Waals surface area contributed by atoms with Crippen LogP contribution in [-0.4, -0.2) is 21.2 Å². The largest absolute Gasteiger partial charge is 0.380 e. The monoisotopic (exact) mass is 212 g/mol. The number of fused-ring (bicyclic) bond motifs is 1. The number of benzene rings is 1. The Morgan fingerprint density at radius 3 is 3.06 bits per heavy atom. The number of rotatable bonds is 2. The lowest BCUT2D eigenvalue weighted by atomic mass is 10.1. The van der Waals surface area contributed by atoms with E-state index in [9.17, 15) is 5.11 Å². The number of aliphatic hydroxyl groups is 1. The van der Waals surface area contributed by atoms with Crippen LogP contribution in [0, 0.1) is 19.3 Å². The Kier molecular flexibility index (Phi) is 2.84. The predicted octanol–water partition coefficient (Wildman–Crippen LogP) is 1.47. The Hall–Kier alpha value is -1.92. The summed E-state index contributed by atoms with van der Waals surface area (Å²) in [5.74, 6) is 3.05. The summed E-state index contributed by atoms with van der Waals surface area (Å²) in [5.41, 5.74) is 1.90. The fourth-order valence-corrected chi connectivity index (χ4v) is 1.58. The van der Waals surface area contributed by atoms with Crippen molar-refractivity contribution in [3.05, 3.63) is 35.8 Å². The predicted molar refractivity (Wildman–Crippen MR) is 62.8 cm³/mol. The zero-order valence-electron chi connectivity index (χ0n) is 9.01. The van der Waals surface area contributed by atoms with Crippen LogP contribution in [-0.2, 0) is 6.42 Å². The number of hydrogen-bond donors (Lipinski definition) is 1. The maximum absolute atomic E-state index is 9.36. The summed E-state index contributed by atoms with van der Waals surface area (Å²) in [7, 11) is 0. The molecule has 0 aliphatic heterocycles. The van der Waals surface area contributed by atoms with Gasteiger partial charge in [-0.25, -0.2) is 9.97 Å². The quantitative estimate of drug-likeness (QED) is 0.767. The van der Waals surface area contributed by atoms with Crippen molar-refractivity contribution in [2.45, 2.75) is 19.4 Å². The highest BCUT2D eigenvalue weighted by atomic mass is 16.3. The topological polar surface area (TPSA) is 46.0 Å². The number of nitrogens with zero attached hydrogens (tertiary/aromatic N) is 2. The Labute approximate surface area is 94.2 Å². The van der Waals surface area contributed by atoms with Gasteiger partial charge < -0.3 is 5.11 Å². The van der Waals surface area contributed by atoms with Gasteiger partial charge in [0.25, 0.3) is 0 Å². The molecule has 1 N–H and O–H groups in total. The first-order chi connectivity index (χ1) is 7.69. The minimum atomic E-state index is -0.733. The first kappa shape index (κ1) is 10.6. The van der Waals surface area contributed by atoms with Gasteiger partial charge in [-0.05, 0) is 24.6 Å². The van der Waals surface area contributed by atoms with Crippen LogP contribution < -0.4 is 0 Å². The Morgan fingerprint density at radius 2 is 2.31 bits per heavy atom. The molecule has 1 atom stereocenters. The summed E-state index contributed by atoms with van der Waals surface area (Å²) < 4.78 is 0. The van der Waals surface area contributed by atoms with E-state index in [-0.39, 0.29) is 0 Å². The molecule has 3 nitrogen and oxygen atoms in total. The average molecular weight is 212 g/mol. The van der Waals surface area contributed by atoms with Crippen LogP contribution in [0.4, 0.5) is 0 Å². The third-order valence-corrected chi connectivity index (χ3v) is 2.39. The van der Waals surface area contributed by atoms with E-state index in [1.807, 2.05) is 25.1 Å². The van der Waals surface area contributed by atoms with E-state index < -0.39 is 6.10 Å². The molecule has 80 valence electrons. The van der Waals surface area contributed by atoms with E-state index in [0.717, 1.165) is 22.3 Å². The van der Waals surface area contributed by atoms with Crippen molar-refractivity contribution in [1.82, 2.24) is 9.97 Å². The molecule has 0 saturated carbocycles. The molecule has 3 heteroatoms. The third-order valence-electron chi connectivity index (χ3n) is 2.39. The van der Waals surface area contributed by atoms with Gasteiger partial charge in [-0.2, -0.15) is 0 Å². The molecule has 0 bridgehead atoms. The van der Waals surface area contributed by atoms with Crippen LogP contribution in [0.1, 0.15) is 11.4 Å². The van der Waals surface area contributed by atoms with E-state index in [0.29, 0.717) is 6.42 Å². The van der Waals surface area contributed by atoms with E-state index in [1.165, 1.54) is 0 Å². The van der Waals surface area contributed by atoms with Gasteiger partial charge in [-0.15, -0.1) is 6.42 Å². The second kappa shape index (κ2) is 4.30. The lowest BCUT2D eigenvalue weighted by molar-refractivity contribution is 0.233. The summed E-state index contributed by atoms with van der Waals surface area (Å²) in [6.45, 7) is 1.86. The first-order valence-electron chi connectivity index (χ1n) is 5.05. The standard InChI is InChI=1S/C13H12N2O/c1-3-12(16)7-10-4-5-13-11(6-10)8-14-9(2)15-13/h1,4-6,8,12,16H,7H2,2H3. The Balaban J connectivity index is 2.38. The molecule has 2 aromatic rings. The van der Waals surface area contributed by atoms with Crippen molar-refractivity contribution in [2.75, 3.05) is 0 Å². The van der Waals surface area contributed by atoms with Crippen LogP contribution in [0.15, 0.2) is 24.4 Å². The van der Waals surface area contributed by atoms with Gasteiger partial charge in [0.1, 0.15) is 11.9 Å². The Bertz CT molecular complexity index is 557. The summed E-state index contributed by atoms with van der Waals surface area (Å²) in [6, 6.07) is 5.80. The van der Waals surface area contributed by atoms with Crippen molar-refractivity contribution in [1.29, 1.82) is 0 Å². The minimum absolute atomic E-state index is 0.459.